The lowest BCUT2D eigenvalue weighted by atomic mass is 10.0. The third-order valence-corrected chi connectivity index (χ3v) is 5.35. The van der Waals surface area contributed by atoms with E-state index >= 15 is 0 Å². The van der Waals surface area contributed by atoms with E-state index < -0.39 is 18.3 Å². The van der Waals surface area contributed by atoms with E-state index in [1.165, 1.54) is 14.2 Å². The first-order valence-electron chi connectivity index (χ1n) is 8.09. The molecule has 0 bridgehead atoms. The Morgan fingerprint density at radius 2 is 2.00 bits per heavy atom. The second-order valence-electron chi connectivity index (χ2n) is 7.40. The zero-order valence-corrected chi connectivity index (χ0v) is 14.5. The van der Waals surface area contributed by atoms with Crippen LogP contribution in [-0.2, 0) is 14.3 Å². The average Bonchev–Trinajstić information content (AvgIpc) is 2.84. The number of fused-ring (bicyclic) bond motifs is 1. The Morgan fingerprint density at radius 3 is 2.43 bits per heavy atom. The van der Waals surface area contributed by atoms with E-state index in [4.69, 9.17) is 9.47 Å². The van der Waals surface area contributed by atoms with Crippen molar-refractivity contribution in [3.05, 3.63) is 0 Å². The monoisotopic (exact) mass is 334 g/mol. The zero-order valence-electron chi connectivity index (χ0n) is 14.5. The summed E-state index contributed by atoms with van der Waals surface area (Å²) in [5.74, 6) is -2.13. The molecule has 23 heavy (non-hydrogen) atoms. The van der Waals surface area contributed by atoms with Crippen LogP contribution >= 0.6 is 0 Å². The molecule has 1 heterocycles. The van der Waals surface area contributed by atoms with Gasteiger partial charge in [-0.25, -0.2) is 8.78 Å². The van der Waals surface area contributed by atoms with Gasteiger partial charge in [0.25, 0.3) is 0 Å². The number of carbonyl (C=O) groups excluding carboxylic acids is 1. The molecule has 0 aromatic rings. The van der Waals surface area contributed by atoms with Crippen molar-refractivity contribution in [1.82, 2.24) is 10.6 Å². The van der Waals surface area contributed by atoms with E-state index in [0.717, 1.165) is 13.5 Å². The van der Waals surface area contributed by atoms with Crippen LogP contribution < -0.4 is 10.6 Å². The summed E-state index contributed by atoms with van der Waals surface area (Å²) in [6.07, 6.45) is -0.992. The van der Waals surface area contributed by atoms with Crippen molar-refractivity contribution in [2.45, 2.75) is 57.9 Å². The number of hydrogen-bond acceptors (Lipinski definition) is 4. The summed E-state index contributed by atoms with van der Waals surface area (Å²) in [4.78, 5) is 12.6. The molecule has 1 saturated heterocycles. The summed E-state index contributed by atoms with van der Waals surface area (Å²) in [6, 6.07) is -0.875. The summed E-state index contributed by atoms with van der Waals surface area (Å²) in [6.45, 7) is 6.01. The quantitative estimate of drug-likeness (QED) is 0.664. The summed E-state index contributed by atoms with van der Waals surface area (Å²) in [5, 5.41) is 6.07. The average molecular weight is 334 g/mol. The van der Waals surface area contributed by atoms with Crippen molar-refractivity contribution in [2.24, 2.45) is 17.3 Å². The normalized spacial score (nSPS) is 30.2. The SMILES string of the molecule is COC(OC)[C@H](CCC(C)(F)F)NC(=O)[C@H]1NC[C@H]2[C@@H]1C2(C)C. The van der Waals surface area contributed by atoms with Crippen LogP contribution in [0.3, 0.4) is 0 Å². The van der Waals surface area contributed by atoms with Gasteiger partial charge in [0, 0.05) is 20.6 Å². The van der Waals surface area contributed by atoms with Gasteiger partial charge in [-0.1, -0.05) is 13.8 Å². The molecule has 0 spiro atoms. The second kappa shape index (κ2) is 6.61. The molecule has 7 heteroatoms. The second-order valence-corrected chi connectivity index (χ2v) is 7.40. The number of halogens is 2. The number of methoxy groups -OCH3 is 2. The van der Waals surface area contributed by atoms with Crippen molar-refractivity contribution in [3.8, 4) is 0 Å². The molecule has 1 aliphatic carbocycles. The highest BCUT2D eigenvalue weighted by Gasteiger charge is 2.65. The third-order valence-electron chi connectivity index (χ3n) is 5.35. The highest BCUT2D eigenvalue weighted by Crippen LogP contribution is 2.62. The predicted molar refractivity (Wildman–Crippen MR) is 82.1 cm³/mol. The Bertz CT molecular complexity index is 436. The summed E-state index contributed by atoms with van der Waals surface area (Å²) in [7, 11) is 2.87. The number of piperidine rings is 1. The number of hydrogen-bond donors (Lipinski definition) is 2. The first-order chi connectivity index (χ1) is 10.6. The van der Waals surface area contributed by atoms with E-state index in [9.17, 15) is 13.6 Å². The minimum Gasteiger partial charge on any atom is -0.354 e. The molecule has 0 unspecified atom stereocenters. The Morgan fingerprint density at radius 1 is 1.39 bits per heavy atom. The number of nitrogens with one attached hydrogen (secondary N) is 2. The number of alkyl halides is 2. The van der Waals surface area contributed by atoms with Gasteiger partial charge >= 0.3 is 0 Å². The molecule has 5 nitrogen and oxygen atoms in total. The van der Waals surface area contributed by atoms with E-state index in [1.807, 2.05) is 0 Å². The summed E-state index contributed by atoms with van der Waals surface area (Å²) >= 11 is 0. The maximum absolute atomic E-state index is 13.2. The Labute approximate surface area is 136 Å². The zero-order chi connectivity index (χ0) is 17.4. The first kappa shape index (κ1) is 18.5. The van der Waals surface area contributed by atoms with Gasteiger partial charge in [0.1, 0.15) is 0 Å². The van der Waals surface area contributed by atoms with Gasteiger partial charge in [-0.15, -0.1) is 0 Å². The van der Waals surface area contributed by atoms with Gasteiger partial charge in [0.2, 0.25) is 11.8 Å². The molecule has 1 aliphatic heterocycles. The summed E-state index contributed by atoms with van der Waals surface area (Å²) < 4.78 is 36.6. The van der Waals surface area contributed by atoms with Crippen molar-refractivity contribution in [3.63, 3.8) is 0 Å². The number of carbonyl (C=O) groups is 1. The maximum Gasteiger partial charge on any atom is 0.245 e. The van der Waals surface area contributed by atoms with Gasteiger partial charge < -0.3 is 20.1 Å². The minimum atomic E-state index is -2.79. The standard InChI is InChI=1S/C16H28F2N2O3/c1-15(2)9-8-19-12(11(9)15)13(21)20-10(14(22-4)23-5)6-7-16(3,17)18/h9-12,14,19H,6-8H2,1-5H3,(H,20,21)/t9-,10-,11-,12-/m0/s1. The minimum absolute atomic E-state index is 0.0891. The molecular formula is C16H28F2N2O3. The maximum atomic E-state index is 13.2. The lowest BCUT2D eigenvalue weighted by Gasteiger charge is -2.28. The molecule has 1 saturated carbocycles. The van der Waals surface area contributed by atoms with Gasteiger partial charge in [-0.05, 0) is 37.1 Å². The van der Waals surface area contributed by atoms with Crippen LogP contribution in [0, 0.1) is 17.3 Å². The van der Waals surface area contributed by atoms with Crippen LogP contribution in [0.5, 0.6) is 0 Å². The Hall–Kier alpha value is -0.790. The van der Waals surface area contributed by atoms with E-state index in [-0.39, 0.29) is 30.2 Å². The molecule has 134 valence electrons. The smallest absolute Gasteiger partial charge is 0.245 e. The lowest BCUT2D eigenvalue weighted by Crippen LogP contribution is -2.52. The van der Waals surface area contributed by atoms with Gasteiger partial charge in [0.05, 0.1) is 12.1 Å². The molecule has 2 N–H and O–H groups in total. The Balaban J connectivity index is 1.97. The van der Waals surface area contributed by atoms with Crippen LogP contribution in [0.25, 0.3) is 0 Å². The largest absolute Gasteiger partial charge is 0.354 e. The fourth-order valence-corrected chi connectivity index (χ4v) is 3.86. The predicted octanol–water partition coefficient (Wildman–Crippen LogP) is 1.77. The van der Waals surface area contributed by atoms with Crippen LogP contribution in [0.2, 0.25) is 0 Å². The molecule has 4 atom stereocenters. The Kier molecular flexibility index (Phi) is 5.33. The van der Waals surface area contributed by atoms with E-state index in [2.05, 4.69) is 24.5 Å². The molecule has 2 rings (SSSR count). The molecule has 0 aromatic heterocycles. The molecular weight excluding hydrogens is 306 g/mol. The molecule has 0 aromatic carbocycles. The number of rotatable bonds is 8. The van der Waals surface area contributed by atoms with Crippen molar-refractivity contribution >= 4 is 5.91 Å². The summed E-state index contributed by atoms with van der Waals surface area (Å²) in [5.41, 5.74) is 0.168. The van der Waals surface area contributed by atoms with Crippen LogP contribution in [-0.4, -0.2) is 51.0 Å². The van der Waals surface area contributed by atoms with Crippen molar-refractivity contribution < 1.29 is 23.0 Å². The van der Waals surface area contributed by atoms with E-state index in [0.29, 0.717) is 11.8 Å². The van der Waals surface area contributed by atoms with E-state index in [1.54, 1.807) is 0 Å². The highest BCUT2D eigenvalue weighted by atomic mass is 19.3. The van der Waals surface area contributed by atoms with Gasteiger partial charge in [0.15, 0.2) is 6.29 Å². The number of amides is 1. The molecule has 1 amide bonds. The van der Waals surface area contributed by atoms with Crippen LogP contribution in [0.4, 0.5) is 8.78 Å². The highest BCUT2D eigenvalue weighted by molar-refractivity contribution is 5.83. The topological polar surface area (TPSA) is 59.6 Å². The third kappa shape index (κ3) is 4.00. The van der Waals surface area contributed by atoms with Gasteiger partial charge in [-0.2, -0.15) is 0 Å². The van der Waals surface area contributed by atoms with Crippen LogP contribution in [0.1, 0.15) is 33.6 Å². The van der Waals surface area contributed by atoms with Gasteiger partial charge in [-0.3, -0.25) is 4.79 Å². The molecule has 0 radical (unpaired) electrons. The lowest BCUT2D eigenvalue weighted by molar-refractivity contribution is -0.142. The molecule has 2 fully saturated rings. The first-order valence-corrected chi connectivity index (χ1v) is 8.09. The van der Waals surface area contributed by atoms with Crippen molar-refractivity contribution in [2.75, 3.05) is 20.8 Å². The number of ether oxygens (including phenoxy) is 2. The van der Waals surface area contributed by atoms with Crippen LogP contribution in [0.15, 0.2) is 0 Å². The van der Waals surface area contributed by atoms with Crippen molar-refractivity contribution in [1.29, 1.82) is 0 Å². The molecule has 2 aliphatic rings. The fourth-order valence-electron chi connectivity index (χ4n) is 3.86. The fraction of sp³-hybridized carbons (Fsp3) is 0.938.